The van der Waals surface area contributed by atoms with Gasteiger partial charge in [-0.2, -0.15) is 0 Å². The molecule has 2 aromatic rings. The van der Waals surface area contributed by atoms with Crippen molar-refractivity contribution in [2.24, 2.45) is 0 Å². The molecule has 1 aliphatic rings. The maximum Gasteiger partial charge on any atom is 0.252 e. The lowest BCUT2D eigenvalue weighted by molar-refractivity contribution is -0.120. The van der Waals surface area contributed by atoms with Crippen molar-refractivity contribution in [2.45, 2.75) is 12.5 Å². The molecule has 1 aliphatic heterocycles. The summed E-state index contributed by atoms with van der Waals surface area (Å²) in [5.41, 5.74) is 1.90. The molecule has 0 fully saturated rings. The SMILES string of the molecule is CNC1C(=O)N(c2cccnc2)CCc2ccoc21. The number of likely N-dealkylation sites (N-methyl/N-ethyl adjacent to an activating group) is 1. The highest BCUT2D eigenvalue weighted by Gasteiger charge is 2.32. The number of carbonyl (C=O) groups is 1. The molecule has 19 heavy (non-hydrogen) atoms. The summed E-state index contributed by atoms with van der Waals surface area (Å²) in [4.78, 5) is 18.4. The van der Waals surface area contributed by atoms with Crippen LogP contribution >= 0.6 is 0 Å². The Morgan fingerprint density at radius 2 is 2.37 bits per heavy atom. The van der Waals surface area contributed by atoms with Gasteiger partial charge in [0.15, 0.2) is 0 Å². The fourth-order valence-electron chi connectivity index (χ4n) is 2.44. The number of nitrogens with one attached hydrogen (secondary N) is 1. The highest BCUT2D eigenvalue weighted by atomic mass is 16.3. The molecule has 3 rings (SSSR count). The smallest absolute Gasteiger partial charge is 0.252 e. The summed E-state index contributed by atoms with van der Waals surface area (Å²) in [5.74, 6) is 0.711. The van der Waals surface area contributed by atoms with E-state index in [1.165, 1.54) is 0 Å². The molecular weight excluding hydrogens is 242 g/mol. The minimum Gasteiger partial charge on any atom is -0.467 e. The molecule has 5 nitrogen and oxygen atoms in total. The van der Waals surface area contributed by atoms with E-state index in [2.05, 4.69) is 10.3 Å². The molecular formula is C14H15N3O2. The number of furan rings is 1. The number of anilines is 1. The summed E-state index contributed by atoms with van der Waals surface area (Å²) in [6.45, 7) is 0.634. The van der Waals surface area contributed by atoms with E-state index in [1.807, 2.05) is 18.2 Å². The van der Waals surface area contributed by atoms with Crippen LogP contribution in [0.4, 0.5) is 5.69 Å². The van der Waals surface area contributed by atoms with Gasteiger partial charge in [-0.15, -0.1) is 0 Å². The van der Waals surface area contributed by atoms with Crippen LogP contribution in [0.15, 0.2) is 41.3 Å². The number of pyridine rings is 1. The standard InChI is InChI=1S/C14H15N3O2/c1-15-12-13-10(5-8-19-13)4-7-17(14(12)18)11-3-2-6-16-9-11/h2-3,5-6,8-9,12,15H,4,7H2,1H3. The Kier molecular flexibility index (Phi) is 3.05. The predicted octanol–water partition coefficient (Wildman–Crippen LogP) is 1.52. The van der Waals surface area contributed by atoms with Gasteiger partial charge in [-0.1, -0.05) is 0 Å². The lowest BCUT2D eigenvalue weighted by Gasteiger charge is -2.23. The van der Waals surface area contributed by atoms with Crippen LogP contribution in [0.25, 0.3) is 0 Å². The topological polar surface area (TPSA) is 58.4 Å². The van der Waals surface area contributed by atoms with Crippen LogP contribution in [-0.4, -0.2) is 24.5 Å². The zero-order chi connectivity index (χ0) is 13.2. The third-order valence-corrected chi connectivity index (χ3v) is 3.41. The van der Waals surface area contributed by atoms with E-state index in [4.69, 9.17) is 4.42 Å². The van der Waals surface area contributed by atoms with Gasteiger partial charge in [0, 0.05) is 12.7 Å². The zero-order valence-electron chi connectivity index (χ0n) is 10.7. The number of fused-ring (bicyclic) bond motifs is 1. The Hall–Kier alpha value is -2.14. The van der Waals surface area contributed by atoms with Crippen molar-refractivity contribution in [1.29, 1.82) is 0 Å². The Labute approximate surface area is 111 Å². The highest BCUT2D eigenvalue weighted by molar-refractivity contribution is 5.98. The zero-order valence-corrected chi connectivity index (χ0v) is 10.7. The van der Waals surface area contributed by atoms with E-state index in [0.717, 1.165) is 23.4 Å². The molecule has 0 saturated heterocycles. The first kappa shape index (κ1) is 11.9. The van der Waals surface area contributed by atoms with Crippen LogP contribution in [0.1, 0.15) is 17.4 Å². The van der Waals surface area contributed by atoms with Crippen molar-refractivity contribution in [3.8, 4) is 0 Å². The Bertz CT molecular complexity index is 579. The van der Waals surface area contributed by atoms with Gasteiger partial charge in [-0.05, 0) is 37.2 Å². The predicted molar refractivity (Wildman–Crippen MR) is 70.8 cm³/mol. The van der Waals surface area contributed by atoms with Gasteiger partial charge in [-0.3, -0.25) is 9.78 Å². The third kappa shape index (κ3) is 2.02. The van der Waals surface area contributed by atoms with Crippen LogP contribution in [0.2, 0.25) is 0 Å². The van der Waals surface area contributed by atoms with Crippen molar-refractivity contribution in [3.05, 3.63) is 48.2 Å². The molecule has 0 saturated carbocycles. The number of amides is 1. The van der Waals surface area contributed by atoms with Gasteiger partial charge in [0.2, 0.25) is 0 Å². The third-order valence-electron chi connectivity index (χ3n) is 3.41. The molecule has 1 amide bonds. The van der Waals surface area contributed by atoms with Gasteiger partial charge in [0.1, 0.15) is 11.8 Å². The molecule has 3 heterocycles. The van der Waals surface area contributed by atoms with Crippen molar-refractivity contribution < 1.29 is 9.21 Å². The maximum absolute atomic E-state index is 12.6. The molecule has 0 radical (unpaired) electrons. The van der Waals surface area contributed by atoms with Crippen LogP contribution < -0.4 is 10.2 Å². The average molecular weight is 257 g/mol. The van der Waals surface area contributed by atoms with Gasteiger partial charge in [0.05, 0.1) is 18.1 Å². The van der Waals surface area contributed by atoms with Crippen LogP contribution in [-0.2, 0) is 11.2 Å². The number of carbonyl (C=O) groups excluding carboxylic acids is 1. The lowest BCUT2D eigenvalue weighted by Crippen LogP contribution is -2.39. The van der Waals surface area contributed by atoms with Gasteiger partial charge < -0.3 is 14.6 Å². The van der Waals surface area contributed by atoms with E-state index in [-0.39, 0.29) is 5.91 Å². The first-order chi connectivity index (χ1) is 9.31. The van der Waals surface area contributed by atoms with E-state index in [1.54, 1.807) is 30.6 Å². The summed E-state index contributed by atoms with van der Waals surface area (Å²) in [5, 5.41) is 3.03. The fraction of sp³-hybridized carbons (Fsp3) is 0.286. The second-order valence-corrected chi connectivity index (χ2v) is 4.48. The normalized spacial score (nSPS) is 19.1. The molecule has 0 aliphatic carbocycles. The number of hydrogen-bond acceptors (Lipinski definition) is 4. The largest absolute Gasteiger partial charge is 0.467 e. The molecule has 0 bridgehead atoms. The first-order valence-corrected chi connectivity index (χ1v) is 6.26. The summed E-state index contributed by atoms with van der Waals surface area (Å²) in [6, 6.07) is 5.22. The van der Waals surface area contributed by atoms with Gasteiger partial charge in [-0.25, -0.2) is 0 Å². The van der Waals surface area contributed by atoms with E-state index in [9.17, 15) is 4.79 Å². The number of rotatable bonds is 2. The van der Waals surface area contributed by atoms with Crippen molar-refractivity contribution in [2.75, 3.05) is 18.5 Å². The monoisotopic (exact) mass is 257 g/mol. The van der Waals surface area contributed by atoms with Crippen molar-refractivity contribution in [1.82, 2.24) is 10.3 Å². The highest BCUT2D eigenvalue weighted by Crippen LogP contribution is 2.28. The maximum atomic E-state index is 12.6. The van der Waals surface area contributed by atoms with E-state index in [0.29, 0.717) is 6.54 Å². The Morgan fingerprint density at radius 1 is 1.47 bits per heavy atom. The minimum atomic E-state index is -0.437. The summed E-state index contributed by atoms with van der Waals surface area (Å²) in [6.07, 6.45) is 5.83. The molecule has 1 atom stereocenters. The second-order valence-electron chi connectivity index (χ2n) is 4.48. The quantitative estimate of drug-likeness (QED) is 0.886. The van der Waals surface area contributed by atoms with E-state index >= 15 is 0 Å². The van der Waals surface area contributed by atoms with Crippen LogP contribution in [0.5, 0.6) is 0 Å². The van der Waals surface area contributed by atoms with Crippen molar-refractivity contribution >= 4 is 11.6 Å². The molecule has 2 aromatic heterocycles. The molecule has 0 spiro atoms. The Balaban J connectivity index is 1.99. The molecule has 5 heteroatoms. The van der Waals surface area contributed by atoms with Gasteiger partial charge in [0.25, 0.3) is 5.91 Å². The number of aromatic nitrogens is 1. The second kappa shape index (κ2) is 4.85. The Morgan fingerprint density at radius 3 is 3.11 bits per heavy atom. The molecule has 0 aromatic carbocycles. The van der Waals surface area contributed by atoms with Crippen molar-refractivity contribution in [3.63, 3.8) is 0 Å². The van der Waals surface area contributed by atoms with E-state index < -0.39 is 6.04 Å². The number of hydrogen-bond donors (Lipinski definition) is 1. The fourth-order valence-corrected chi connectivity index (χ4v) is 2.44. The van der Waals surface area contributed by atoms with Crippen LogP contribution in [0, 0.1) is 0 Å². The average Bonchev–Trinajstić information content (AvgIpc) is 2.85. The summed E-state index contributed by atoms with van der Waals surface area (Å²) < 4.78 is 5.47. The molecule has 1 N–H and O–H groups in total. The lowest BCUT2D eigenvalue weighted by atomic mass is 10.1. The number of nitrogens with zero attached hydrogens (tertiary/aromatic N) is 2. The van der Waals surface area contributed by atoms with Gasteiger partial charge >= 0.3 is 0 Å². The summed E-state index contributed by atoms with van der Waals surface area (Å²) >= 11 is 0. The summed E-state index contributed by atoms with van der Waals surface area (Å²) in [7, 11) is 1.77. The first-order valence-electron chi connectivity index (χ1n) is 6.26. The molecule has 98 valence electrons. The minimum absolute atomic E-state index is 0.01000. The molecule has 1 unspecified atom stereocenters. The van der Waals surface area contributed by atoms with Crippen LogP contribution in [0.3, 0.4) is 0 Å².